The Labute approximate surface area is 123 Å². The van der Waals surface area contributed by atoms with Crippen LogP contribution in [0, 0.1) is 10.6 Å². The van der Waals surface area contributed by atoms with Crippen molar-refractivity contribution in [1.29, 1.82) is 0 Å². The molecule has 0 aliphatic rings. The zero-order valence-corrected chi connectivity index (χ0v) is 12.3. The molecule has 2 nitrogen and oxygen atoms in total. The molecule has 2 aromatic carbocycles. The highest BCUT2D eigenvalue weighted by Crippen LogP contribution is 2.21. The third-order valence-corrected chi connectivity index (χ3v) is 3.78. The lowest BCUT2D eigenvalue weighted by molar-refractivity contribution is 0.623. The molecule has 3 aromatic rings. The first-order valence-corrected chi connectivity index (χ1v) is 6.96. The third kappa shape index (κ3) is 2.48. The number of nitrogens with zero attached hydrogens (tertiary/aromatic N) is 1. The summed E-state index contributed by atoms with van der Waals surface area (Å²) in [6.07, 6.45) is 0. The summed E-state index contributed by atoms with van der Waals surface area (Å²) in [6, 6.07) is 12.5. The van der Waals surface area contributed by atoms with Crippen LogP contribution in [0.5, 0.6) is 0 Å². The zero-order valence-electron chi connectivity index (χ0n) is 9.86. The molecule has 1 aromatic heterocycles. The first-order valence-electron chi connectivity index (χ1n) is 5.76. The minimum Gasteiger partial charge on any atom is -0.331 e. The highest BCUT2D eigenvalue weighted by Gasteiger charge is 2.06. The van der Waals surface area contributed by atoms with Gasteiger partial charge in [-0.3, -0.25) is 0 Å². The molecule has 0 bridgehead atoms. The molecule has 0 spiro atoms. The molecule has 0 saturated heterocycles. The Morgan fingerprint density at radius 1 is 1.21 bits per heavy atom. The minimum atomic E-state index is -0.231. The molecule has 0 fully saturated rings. The summed E-state index contributed by atoms with van der Waals surface area (Å²) >= 11 is 8.78. The summed E-state index contributed by atoms with van der Waals surface area (Å²) < 4.78 is 16.8. The quantitative estimate of drug-likeness (QED) is 0.675. The van der Waals surface area contributed by atoms with Crippen LogP contribution in [0.4, 0.5) is 4.39 Å². The van der Waals surface area contributed by atoms with Crippen LogP contribution < -0.4 is 0 Å². The number of imidazole rings is 1. The Balaban J connectivity index is 2.12. The molecule has 5 heteroatoms. The first-order chi connectivity index (χ1) is 9.13. The number of nitrogens with one attached hydrogen (secondary N) is 1. The monoisotopic (exact) mass is 336 g/mol. The van der Waals surface area contributed by atoms with E-state index >= 15 is 0 Å². The predicted molar refractivity (Wildman–Crippen MR) is 80.3 cm³/mol. The van der Waals surface area contributed by atoms with E-state index in [4.69, 9.17) is 12.2 Å². The summed E-state index contributed by atoms with van der Waals surface area (Å²) in [7, 11) is 0. The van der Waals surface area contributed by atoms with Crippen molar-refractivity contribution in [2.45, 2.75) is 6.54 Å². The van der Waals surface area contributed by atoms with Gasteiger partial charge in [-0.15, -0.1) is 0 Å². The van der Waals surface area contributed by atoms with Crippen molar-refractivity contribution < 1.29 is 4.39 Å². The van der Waals surface area contributed by atoms with E-state index in [9.17, 15) is 4.39 Å². The van der Waals surface area contributed by atoms with Crippen LogP contribution in [0.1, 0.15) is 5.56 Å². The average molecular weight is 337 g/mol. The van der Waals surface area contributed by atoms with Crippen molar-refractivity contribution in [3.63, 3.8) is 0 Å². The molecule has 19 heavy (non-hydrogen) atoms. The predicted octanol–water partition coefficient (Wildman–Crippen LogP) is 4.65. The second kappa shape index (κ2) is 4.90. The number of benzene rings is 2. The fourth-order valence-electron chi connectivity index (χ4n) is 2.10. The Bertz CT molecular complexity index is 807. The Morgan fingerprint density at radius 2 is 2.05 bits per heavy atom. The second-order valence-electron chi connectivity index (χ2n) is 4.31. The van der Waals surface area contributed by atoms with Gasteiger partial charge in [0.1, 0.15) is 5.82 Å². The summed E-state index contributed by atoms with van der Waals surface area (Å²) in [4.78, 5) is 3.15. The molecule has 0 unspecified atom stereocenters. The average Bonchev–Trinajstić information content (AvgIpc) is 2.66. The third-order valence-electron chi connectivity index (χ3n) is 2.97. The van der Waals surface area contributed by atoms with Gasteiger partial charge in [-0.1, -0.05) is 28.1 Å². The van der Waals surface area contributed by atoms with E-state index in [1.54, 1.807) is 6.07 Å². The number of hydrogen-bond donors (Lipinski definition) is 1. The van der Waals surface area contributed by atoms with Gasteiger partial charge in [-0.25, -0.2) is 4.39 Å². The molecule has 1 N–H and O–H groups in total. The van der Waals surface area contributed by atoms with Crippen LogP contribution in [0.25, 0.3) is 11.0 Å². The van der Waals surface area contributed by atoms with Crippen molar-refractivity contribution in [2.75, 3.05) is 0 Å². The Morgan fingerprint density at radius 3 is 2.84 bits per heavy atom. The van der Waals surface area contributed by atoms with Crippen LogP contribution in [0.2, 0.25) is 0 Å². The maximum absolute atomic E-state index is 13.2. The van der Waals surface area contributed by atoms with Crippen molar-refractivity contribution >= 4 is 39.2 Å². The topological polar surface area (TPSA) is 20.7 Å². The number of halogens is 2. The van der Waals surface area contributed by atoms with E-state index in [-0.39, 0.29) is 5.82 Å². The van der Waals surface area contributed by atoms with Gasteiger partial charge in [0.15, 0.2) is 4.77 Å². The lowest BCUT2D eigenvalue weighted by Gasteiger charge is -2.05. The zero-order chi connectivity index (χ0) is 13.4. The highest BCUT2D eigenvalue weighted by molar-refractivity contribution is 9.10. The fourth-order valence-corrected chi connectivity index (χ4v) is 2.72. The smallest absolute Gasteiger partial charge is 0.178 e. The maximum Gasteiger partial charge on any atom is 0.178 e. The van der Waals surface area contributed by atoms with Gasteiger partial charge < -0.3 is 9.55 Å². The molecule has 96 valence electrons. The van der Waals surface area contributed by atoms with Crippen LogP contribution in [0.15, 0.2) is 46.9 Å². The molecule has 0 atom stereocenters. The second-order valence-corrected chi connectivity index (χ2v) is 5.61. The normalized spacial score (nSPS) is 11.1. The van der Waals surface area contributed by atoms with Gasteiger partial charge in [0, 0.05) is 4.47 Å². The van der Waals surface area contributed by atoms with E-state index in [1.807, 2.05) is 28.8 Å². The van der Waals surface area contributed by atoms with Crippen molar-refractivity contribution in [1.82, 2.24) is 9.55 Å². The van der Waals surface area contributed by atoms with Crippen molar-refractivity contribution in [3.05, 3.63) is 63.1 Å². The largest absolute Gasteiger partial charge is 0.331 e. The molecule has 0 saturated carbocycles. The molecule has 0 amide bonds. The van der Waals surface area contributed by atoms with Crippen LogP contribution in [-0.4, -0.2) is 9.55 Å². The fraction of sp³-hybridized carbons (Fsp3) is 0.0714. The summed E-state index contributed by atoms with van der Waals surface area (Å²) in [5.74, 6) is -0.231. The molecular weight excluding hydrogens is 327 g/mol. The van der Waals surface area contributed by atoms with Crippen LogP contribution >= 0.6 is 28.1 Å². The molecule has 1 heterocycles. The number of aromatic amines is 1. The van der Waals surface area contributed by atoms with Gasteiger partial charge in [0.2, 0.25) is 0 Å². The van der Waals surface area contributed by atoms with E-state index in [2.05, 4.69) is 20.9 Å². The number of fused-ring (bicyclic) bond motifs is 1. The Kier molecular flexibility index (Phi) is 3.24. The van der Waals surface area contributed by atoms with Gasteiger partial charge in [-0.05, 0) is 48.1 Å². The number of H-pyrrole nitrogens is 1. The lowest BCUT2D eigenvalue weighted by atomic mass is 10.2. The van der Waals surface area contributed by atoms with Gasteiger partial charge in [0.05, 0.1) is 17.6 Å². The molecule has 3 rings (SSSR count). The Hall–Kier alpha value is -1.46. The van der Waals surface area contributed by atoms with Gasteiger partial charge in [-0.2, -0.15) is 0 Å². The molecule has 0 aliphatic carbocycles. The highest BCUT2D eigenvalue weighted by atomic mass is 79.9. The van der Waals surface area contributed by atoms with Gasteiger partial charge in [0.25, 0.3) is 0 Å². The van der Waals surface area contributed by atoms with E-state index in [0.717, 1.165) is 21.1 Å². The summed E-state index contributed by atoms with van der Waals surface area (Å²) in [5.41, 5.74) is 2.87. The SMILES string of the molecule is Fc1cccc(Cn2c(=S)[nH]c3ccc(Br)cc32)c1. The molecule has 0 radical (unpaired) electrons. The summed E-state index contributed by atoms with van der Waals surface area (Å²) in [5, 5.41) is 0. The van der Waals surface area contributed by atoms with E-state index in [1.165, 1.54) is 12.1 Å². The number of rotatable bonds is 2. The van der Waals surface area contributed by atoms with Crippen molar-refractivity contribution in [2.24, 2.45) is 0 Å². The van der Waals surface area contributed by atoms with E-state index in [0.29, 0.717) is 11.3 Å². The van der Waals surface area contributed by atoms with Crippen LogP contribution in [0.3, 0.4) is 0 Å². The van der Waals surface area contributed by atoms with E-state index < -0.39 is 0 Å². The number of aromatic nitrogens is 2. The lowest BCUT2D eigenvalue weighted by Crippen LogP contribution is -1.99. The molecular formula is C14H10BrFN2S. The number of hydrogen-bond acceptors (Lipinski definition) is 1. The maximum atomic E-state index is 13.2. The standard InChI is InChI=1S/C14H10BrFN2S/c15-10-4-5-12-13(7-10)18(14(19)17-12)8-9-2-1-3-11(16)6-9/h1-7H,8H2,(H,17,19). The minimum absolute atomic E-state index is 0.231. The summed E-state index contributed by atoms with van der Waals surface area (Å²) in [6.45, 7) is 0.549. The van der Waals surface area contributed by atoms with Gasteiger partial charge >= 0.3 is 0 Å². The molecule has 0 aliphatic heterocycles. The van der Waals surface area contributed by atoms with Crippen LogP contribution in [-0.2, 0) is 6.54 Å². The first kappa shape index (κ1) is 12.6. The van der Waals surface area contributed by atoms with Crippen molar-refractivity contribution in [3.8, 4) is 0 Å².